The lowest BCUT2D eigenvalue weighted by Crippen LogP contribution is -2.51. The first-order valence-corrected chi connectivity index (χ1v) is 13.9. The highest BCUT2D eigenvalue weighted by molar-refractivity contribution is 9.10. The number of anilines is 1. The summed E-state index contributed by atoms with van der Waals surface area (Å²) in [7, 11) is -3.87. The second-order valence-electron chi connectivity index (χ2n) is 8.56. The van der Waals surface area contributed by atoms with Crippen molar-refractivity contribution in [2.45, 2.75) is 18.4 Å². The molecule has 0 atom stereocenters. The number of piperazine rings is 1. The Kier molecular flexibility index (Phi) is 8.16. The van der Waals surface area contributed by atoms with Crippen LogP contribution in [0.2, 0.25) is 5.02 Å². The third-order valence-electron chi connectivity index (χ3n) is 6.05. The molecule has 1 amide bonds. The second-order valence-corrected chi connectivity index (χ2v) is 11.9. The molecule has 1 aliphatic heterocycles. The molecule has 1 aliphatic rings. The summed E-state index contributed by atoms with van der Waals surface area (Å²) in [6.45, 7) is 4.14. The summed E-state index contributed by atoms with van der Waals surface area (Å²) >= 11 is 9.53. The molecular weight excluding hydrogens is 550 g/mol. The molecule has 0 bridgehead atoms. The maximum absolute atomic E-state index is 13.5. The number of sulfonamides is 1. The Bertz CT molecular complexity index is 1280. The fourth-order valence-electron chi connectivity index (χ4n) is 4.02. The Morgan fingerprint density at radius 1 is 0.971 bits per heavy atom. The maximum Gasteiger partial charge on any atom is 0.243 e. The summed E-state index contributed by atoms with van der Waals surface area (Å²) in [5.74, 6) is -0.205. The fourth-order valence-corrected chi connectivity index (χ4v) is 5.84. The van der Waals surface area contributed by atoms with Gasteiger partial charge < -0.3 is 9.80 Å². The van der Waals surface area contributed by atoms with Crippen molar-refractivity contribution in [2.24, 2.45) is 0 Å². The standard InChI is InChI=1S/C26H27BrClN3O3S/c1-20-5-11-25(12-6-20)35(33,34)31(18-21-7-9-22(27)10-8-21)19-26(32)30-15-13-29(14-16-30)24-4-2-3-23(28)17-24/h2-12,17H,13-16,18-19H2,1H3. The molecule has 0 aromatic heterocycles. The zero-order chi connectivity index (χ0) is 25.0. The first kappa shape index (κ1) is 25.7. The Morgan fingerprint density at radius 2 is 1.63 bits per heavy atom. The summed E-state index contributed by atoms with van der Waals surface area (Å²) in [6, 6.07) is 21.8. The number of carbonyl (C=O) groups excluding carboxylic acids is 1. The number of halogens is 2. The molecule has 9 heteroatoms. The number of aryl methyl sites for hydroxylation is 1. The monoisotopic (exact) mass is 575 g/mol. The van der Waals surface area contributed by atoms with E-state index < -0.39 is 10.0 Å². The van der Waals surface area contributed by atoms with E-state index in [4.69, 9.17) is 11.6 Å². The number of amides is 1. The van der Waals surface area contributed by atoms with E-state index in [1.54, 1.807) is 29.2 Å². The topological polar surface area (TPSA) is 60.9 Å². The van der Waals surface area contributed by atoms with E-state index in [1.165, 1.54) is 4.31 Å². The van der Waals surface area contributed by atoms with Crippen LogP contribution in [0.5, 0.6) is 0 Å². The molecule has 0 unspecified atom stereocenters. The third kappa shape index (κ3) is 6.44. The lowest BCUT2D eigenvalue weighted by molar-refractivity contribution is -0.131. The molecular formula is C26H27BrClN3O3S. The average Bonchev–Trinajstić information content (AvgIpc) is 2.85. The van der Waals surface area contributed by atoms with Crippen LogP contribution in [-0.2, 0) is 21.4 Å². The summed E-state index contributed by atoms with van der Waals surface area (Å²) < 4.78 is 29.2. The molecule has 1 fully saturated rings. The van der Waals surface area contributed by atoms with Crippen molar-refractivity contribution in [2.75, 3.05) is 37.6 Å². The summed E-state index contributed by atoms with van der Waals surface area (Å²) in [5.41, 5.74) is 2.79. The maximum atomic E-state index is 13.5. The normalized spacial score (nSPS) is 14.4. The van der Waals surface area contributed by atoms with Crippen molar-refractivity contribution in [1.82, 2.24) is 9.21 Å². The highest BCUT2D eigenvalue weighted by Crippen LogP contribution is 2.23. The van der Waals surface area contributed by atoms with Gasteiger partial charge in [0.05, 0.1) is 11.4 Å². The number of carbonyl (C=O) groups is 1. The molecule has 1 saturated heterocycles. The molecule has 184 valence electrons. The molecule has 0 aliphatic carbocycles. The fraction of sp³-hybridized carbons (Fsp3) is 0.269. The van der Waals surface area contributed by atoms with Crippen LogP contribution in [-0.4, -0.2) is 56.3 Å². The predicted octanol–water partition coefficient (Wildman–Crippen LogP) is 4.95. The van der Waals surface area contributed by atoms with E-state index in [0.717, 1.165) is 21.3 Å². The smallest absolute Gasteiger partial charge is 0.243 e. The van der Waals surface area contributed by atoms with Gasteiger partial charge >= 0.3 is 0 Å². The van der Waals surface area contributed by atoms with Gasteiger partial charge in [-0.3, -0.25) is 4.79 Å². The van der Waals surface area contributed by atoms with Crippen LogP contribution in [0.1, 0.15) is 11.1 Å². The molecule has 0 N–H and O–H groups in total. The Balaban J connectivity index is 1.50. The van der Waals surface area contributed by atoms with E-state index in [1.807, 2.05) is 55.5 Å². The Morgan fingerprint density at radius 3 is 2.26 bits per heavy atom. The van der Waals surface area contributed by atoms with Crippen LogP contribution in [0.3, 0.4) is 0 Å². The van der Waals surface area contributed by atoms with E-state index >= 15 is 0 Å². The molecule has 0 saturated carbocycles. The molecule has 6 nitrogen and oxygen atoms in total. The van der Waals surface area contributed by atoms with Gasteiger partial charge in [0.2, 0.25) is 15.9 Å². The molecule has 3 aromatic carbocycles. The van der Waals surface area contributed by atoms with Crippen molar-refractivity contribution in [3.8, 4) is 0 Å². The van der Waals surface area contributed by atoms with Crippen LogP contribution in [0.4, 0.5) is 5.69 Å². The van der Waals surface area contributed by atoms with Crippen LogP contribution < -0.4 is 4.90 Å². The first-order valence-electron chi connectivity index (χ1n) is 11.3. The van der Waals surface area contributed by atoms with Gasteiger partial charge in [0.1, 0.15) is 0 Å². The van der Waals surface area contributed by atoms with Gasteiger partial charge in [-0.15, -0.1) is 0 Å². The van der Waals surface area contributed by atoms with Crippen LogP contribution in [0.25, 0.3) is 0 Å². The minimum absolute atomic E-state index is 0.109. The van der Waals surface area contributed by atoms with Crippen LogP contribution in [0.15, 0.2) is 82.2 Å². The van der Waals surface area contributed by atoms with Crippen molar-refractivity contribution < 1.29 is 13.2 Å². The van der Waals surface area contributed by atoms with E-state index in [0.29, 0.717) is 31.2 Å². The number of nitrogens with zero attached hydrogens (tertiary/aromatic N) is 3. The van der Waals surface area contributed by atoms with Crippen molar-refractivity contribution >= 4 is 49.1 Å². The number of hydrogen-bond donors (Lipinski definition) is 0. The summed E-state index contributed by atoms with van der Waals surface area (Å²) in [6.07, 6.45) is 0. The number of benzene rings is 3. The Hall–Kier alpha value is -2.39. The Labute approximate surface area is 220 Å². The van der Waals surface area contributed by atoms with Gasteiger partial charge in [-0.2, -0.15) is 4.31 Å². The zero-order valence-corrected chi connectivity index (χ0v) is 22.6. The molecule has 1 heterocycles. The average molecular weight is 577 g/mol. The molecule has 4 rings (SSSR count). The van der Waals surface area contributed by atoms with Gasteiger partial charge in [-0.1, -0.05) is 63.4 Å². The van der Waals surface area contributed by atoms with Gasteiger partial charge in [-0.05, 0) is 55.0 Å². The lowest BCUT2D eigenvalue weighted by atomic mass is 10.2. The van der Waals surface area contributed by atoms with Gasteiger partial charge in [0.15, 0.2) is 0 Å². The quantitative estimate of drug-likeness (QED) is 0.399. The summed E-state index contributed by atoms with van der Waals surface area (Å²) in [5, 5.41) is 0.672. The third-order valence-corrected chi connectivity index (χ3v) is 8.62. The van der Waals surface area contributed by atoms with Gasteiger partial charge in [0.25, 0.3) is 0 Å². The largest absolute Gasteiger partial charge is 0.368 e. The number of hydrogen-bond acceptors (Lipinski definition) is 4. The van der Waals surface area contributed by atoms with E-state index in [2.05, 4.69) is 20.8 Å². The van der Waals surface area contributed by atoms with Crippen LogP contribution >= 0.6 is 27.5 Å². The summed E-state index contributed by atoms with van der Waals surface area (Å²) in [4.78, 5) is 17.3. The minimum atomic E-state index is -3.87. The van der Waals surface area contributed by atoms with Crippen molar-refractivity contribution in [3.63, 3.8) is 0 Å². The minimum Gasteiger partial charge on any atom is -0.368 e. The highest BCUT2D eigenvalue weighted by atomic mass is 79.9. The van der Waals surface area contributed by atoms with Gasteiger partial charge in [-0.25, -0.2) is 8.42 Å². The predicted molar refractivity (Wildman–Crippen MR) is 143 cm³/mol. The second kappa shape index (κ2) is 11.1. The van der Waals surface area contributed by atoms with Crippen molar-refractivity contribution in [3.05, 3.63) is 93.4 Å². The molecule has 3 aromatic rings. The number of rotatable bonds is 7. The van der Waals surface area contributed by atoms with Crippen LogP contribution in [0, 0.1) is 6.92 Å². The van der Waals surface area contributed by atoms with E-state index in [-0.39, 0.29) is 23.9 Å². The molecule has 35 heavy (non-hydrogen) atoms. The molecule has 0 radical (unpaired) electrons. The SMILES string of the molecule is Cc1ccc(S(=O)(=O)N(CC(=O)N2CCN(c3cccc(Cl)c3)CC2)Cc2ccc(Br)cc2)cc1. The van der Waals surface area contributed by atoms with E-state index in [9.17, 15) is 13.2 Å². The highest BCUT2D eigenvalue weighted by Gasteiger charge is 2.30. The first-order chi connectivity index (χ1) is 16.7. The lowest BCUT2D eigenvalue weighted by Gasteiger charge is -2.37. The molecule has 0 spiro atoms. The van der Waals surface area contributed by atoms with Gasteiger partial charge in [0, 0.05) is 47.9 Å². The van der Waals surface area contributed by atoms with Crippen molar-refractivity contribution in [1.29, 1.82) is 0 Å². The zero-order valence-electron chi connectivity index (χ0n) is 19.4.